The molecule has 80 valence electrons. The molecule has 0 aromatic carbocycles. The summed E-state index contributed by atoms with van der Waals surface area (Å²) in [7, 11) is 1.93. The molecule has 1 aromatic heterocycles. The molecule has 4 heteroatoms. The highest BCUT2D eigenvalue weighted by Gasteiger charge is 2.16. The van der Waals surface area contributed by atoms with Gasteiger partial charge in [0.15, 0.2) is 0 Å². The highest BCUT2D eigenvalue weighted by Crippen LogP contribution is 2.23. The van der Waals surface area contributed by atoms with E-state index in [1.807, 2.05) is 32.5 Å². The molecule has 0 fully saturated rings. The molecule has 0 bridgehead atoms. The molecule has 0 spiro atoms. The van der Waals surface area contributed by atoms with Crippen LogP contribution in [0.3, 0.4) is 0 Å². The maximum absolute atomic E-state index is 9.43. The molecular formula is C10H17BrN2O. The summed E-state index contributed by atoms with van der Waals surface area (Å²) in [5, 5.41) is 13.7. The molecule has 1 aromatic rings. The van der Waals surface area contributed by atoms with Crippen molar-refractivity contribution in [3.05, 3.63) is 15.9 Å². The predicted octanol–water partition coefficient (Wildman–Crippen LogP) is 2.05. The molecule has 1 rings (SSSR count). The van der Waals surface area contributed by atoms with Crippen LogP contribution < -0.4 is 0 Å². The van der Waals surface area contributed by atoms with E-state index in [9.17, 15) is 5.11 Å². The zero-order valence-corrected chi connectivity index (χ0v) is 10.7. The molecule has 3 nitrogen and oxygen atoms in total. The Balaban J connectivity index is 2.86. The SMILES string of the molecule is Cc1nn(C)c(CC(C)C(C)O)c1Br. The standard InChI is InChI=1S/C10H17BrN2O/c1-6(8(3)14)5-9-10(11)7(2)12-13(9)4/h6,8,14H,5H2,1-4H3. The summed E-state index contributed by atoms with van der Waals surface area (Å²) in [4.78, 5) is 0. The second kappa shape index (κ2) is 4.45. The Hall–Kier alpha value is -0.350. The van der Waals surface area contributed by atoms with E-state index in [1.165, 1.54) is 0 Å². The highest BCUT2D eigenvalue weighted by atomic mass is 79.9. The van der Waals surface area contributed by atoms with Crippen molar-refractivity contribution < 1.29 is 5.11 Å². The molecule has 2 unspecified atom stereocenters. The van der Waals surface area contributed by atoms with Crippen molar-refractivity contribution in [3.8, 4) is 0 Å². The number of halogens is 1. The average Bonchev–Trinajstić information content (AvgIpc) is 2.32. The molecular weight excluding hydrogens is 244 g/mol. The number of aromatic nitrogens is 2. The Bertz CT molecular complexity index is 320. The van der Waals surface area contributed by atoms with Crippen LogP contribution in [-0.4, -0.2) is 21.0 Å². The molecule has 0 amide bonds. The van der Waals surface area contributed by atoms with Gasteiger partial charge in [0.05, 0.1) is 22.0 Å². The lowest BCUT2D eigenvalue weighted by Gasteiger charge is -2.14. The van der Waals surface area contributed by atoms with Gasteiger partial charge in [-0.15, -0.1) is 0 Å². The molecule has 0 saturated carbocycles. The van der Waals surface area contributed by atoms with Crippen LogP contribution in [0.1, 0.15) is 25.2 Å². The Morgan fingerprint density at radius 3 is 2.43 bits per heavy atom. The molecule has 0 aliphatic heterocycles. The zero-order valence-electron chi connectivity index (χ0n) is 9.08. The first-order valence-corrected chi connectivity index (χ1v) is 5.58. The number of hydrogen-bond acceptors (Lipinski definition) is 2. The summed E-state index contributed by atoms with van der Waals surface area (Å²) >= 11 is 3.51. The molecule has 0 radical (unpaired) electrons. The second-order valence-corrected chi connectivity index (χ2v) is 4.68. The number of nitrogens with zero attached hydrogens (tertiary/aromatic N) is 2. The third-order valence-corrected chi connectivity index (χ3v) is 3.63. The van der Waals surface area contributed by atoms with Crippen LogP contribution in [0.25, 0.3) is 0 Å². The quantitative estimate of drug-likeness (QED) is 0.904. The molecule has 2 atom stereocenters. The fourth-order valence-corrected chi connectivity index (χ4v) is 1.88. The molecule has 0 aliphatic rings. The van der Waals surface area contributed by atoms with Gasteiger partial charge in [0.1, 0.15) is 0 Å². The first kappa shape index (κ1) is 11.7. The molecule has 14 heavy (non-hydrogen) atoms. The lowest BCUT2D eigenvalue weighted by molar-refractivity contribution is 0.134. The number of aryl methyl sites for hydroxylation is 2. The normalized spacial score (nSPS) is 15.6. The Morgan fingerprint density at radius 2 is 2.07 bits per heavy atom. The van der Waals surface area contributed by atoms with Crippen molar-refractivity contribution >= 4 is 15.9 Å². The van der Waals surface area contributed by atoms with Gasteiger partial charge < -0.3 is 5.11 Å². The number of aliphatic hydroxyl groups is 1. The van der Waals surface area contributed by atoms with Crippen LogP contribution >= 0.6 is 15.9 Å². The van der Waals surface area contributed by atoms with Gasteiger partial charge in [0.25, 0.3) is 0 Å². The molecule has 0 aliphatic carbocycles. The summed E-state index contributed by atoms with van der Waals surface area (Å²) in [6.07, 6.45) is 0.562. The number of rotatable bonds is 3. The third-order valence-electron chi connectivity index (χ3n) is 2.60. The summed E-state index contributed by atoms with van der Waals surface area (Å²) in [6.45, 7) is 5.84. The molecule has 0 saturated heterocycles. The summed E-state index contributed by atoms with van der Waals surface area (Å²) in [6, 6.07) is 0. The van der Waals surface area contributed by atoms with Crippen LogP contribution in [0.4, 0.5) is 0 Å². The summed E-state index contributed by atoms with van der Waals surface area (Å²) in [5.74, 6) is 0.251. The van der Waals surface area contributed by atoms with Crippen LogP contribution in [-0.2, 0) is 13.5 Å². The Kier molecular flexibility index (Phi) is 3.72. The minimum absolute atomic E-state index is 0.251. The maximum atomic E-state index is 9.43. The molecule has 1 N–H and O–H groups in total. The highest BCUT2D eigenvalue weighted by molar-refractivity contribution is 9.10. The number of hydrogen-bond donors (Lipinski definition) is 1. The van der Waals surface area contributed by atoms with Gasteiger partial charge in [-0.3, -0.25) is 4.68 Å². The minimum Gasteiger partial charge on any atom is -0.393 e. The molecule has 1 heterocycles. The van der Waals surface area contributed by atoms with Crippen molar-refractivity contribution in [3.63, 3.8) is 0 Å². The van der Waals surface area contributed by atoms with Crippen LogP contribution in [0.15, 0.2) is 4.47 Å². The first-order valence-electron chi connectivity index (χ1n) is 4.79. The van der Waals surface area contributed by atoms with Crippen molar-refractivity contribution in [2.24, 2.45) is 13.0 Å². The maximum Gasteiger partial charge on any atom is 0.0738 e. The monoisotopic (exact) mass is 260 g/mol. The largest absolute Gasteiger partial charge is 0.393 e. The van der Waals surface area contributed by atoms with Crippen LogP contribution in [0.2, 0.25) is 0 Å². The van der Waals surface area contributed by atoms with Gasteiger partial charge in [-0.2, -0.15) is 5.10 Å². The van der Waals surface area contributed by atoms with E-state index in [4.69, 9.17) is 0 Å². The minimum atomic E-state index is -0.280. The van der Waals surface area contributed by atoms with E-state index in [-0.39, 0.29) is 12.0 Å². The Labute approximate surface area is 93.3 Å². The van der Waals surface area contributed by atoms with Gasteiger partial charge in [-0.05, 0) is 42.1 Å². The van der Waals surface area contributed by atoms with Crippen molar-refractivity contribution in [1.82, 2.24) is 9.78 Å². The van der Waals surface area contributed by atoms with Crippen molar-refractivity contribution in [2.45, 2.75) is 33.3 Å². The second-order valence-electron chi connectivity index (χ2n) is 3.89. The predicted molar refractivity (Wildman–Crippen MR) is 60.2 cm³/mol. The van der Waals surface area contributed by atoms with Crippen LogP contribution in [0.5, 0.6) is 0 Å². The van der Waals surface area contributed by atoms with E-state index in [0.717, 1.165) is 22.3 Å². The summed E-state index contributed by atoms with van der Waals surface area (Å²) in [5.41, 5.74) is 2.15. The fourth-order valence-electron chi connectivity index (χ4n) is 1.38. The fraction of sp³-hybridized carbons (Fsp3) is 0.700. The van der Waals surface area contributed by atoms with E-state index in [0.29, 0.717) is 0 Å². The van der Waals surface area contributed by atoms with Crippen molar-refractivity contribution in [1.29, 1.82) is 0 Å². The van der Waals surface area contributed by atoms with E-state index < -0.39 is 0 Å². The van der Waals surface area contributed by atoms with Crippen molar-refractivity contribution in [2.75, 3.05) is 0 Å². The van der Waals surface area contributed by atoms with E-state index in [2.05, 4.69) is 21.0 Å². The van der Waals surface area contributed by atoms with Crippen LogP contribution in [0, 0.1) is 12.8 Å². The van der Waals surface area contributed by atoms with E-state index in [1.54, 1.807) is 0 Å². The van der Waals surface area contributed by atoms with Gasteiger partial charge in [0.2, 0.25) is 0 Å². The topological polar surface area (TPSA) is 38.0 Å². The van der Waals surface area contributed by atoms with Gasteiger partial charge >= 0.3 is 0 Å². The lowest BCUT2D eigenvalue weighted by Crippen LogP contribution is -2.17. The van der Waals surface area contributed by atoms with E-state index >= 15 is 0 Å². The van der Waals surface area contributed by atoms with Gasteiger partial charge in [-0.1, -0.05) is 6.92 Å². The smallest absolute Gasteiger partial charge is 0.0738 e. The number of aliphatic hydroxyl groups excluding tert-OH is 1. The lowest BCUT2D eigenvalue weighted by atomic mass is 10.0. The van der Waals surface area contributed by atoms with Gasteiger partial charge in [-0.25, -0.2) is 0 Å². The third kappa shape index (κ3) is 2.36. The summed E-state index contributed by atoms with van der Waals surface area (Å²) < 4.78 is 2.94. The van der Waals surface area contributed by atoms with Gasteiger partial charge in [0, 0.05) is 7.05 Å². The zero-order chi connectivity index (χ0) is 10.9. The Morgan fingerprint density at radius 1 is 1.50 bits per heavy atom. The first-order chi connectivity index (χ1) is 6.43. The average molecular weight is 261 g/mol.